The molecule has 2 aromatic carbocycles. The molecule has 0 unspecified atom stereocenters. The fraction of sp³-hybridized carbons (Fsp3) is 0.269. The molecule has 0 spiro atoms. The first-order valence-corrected chi connectivity index (χ1v) is 11.4. The summed E-state index contributed by atoms with van der Waals surface area (Å²) in [4.78, 5) is 23.9. The smallest absolute Gasteiger partial charge is 0.228 e. The number of piperidine rings is 1. The van der Waals surface area contributed by atoms with Crippen LogP contribution in [0.25, 0.3) is 28.2 Å². The van der Waals surface area contributed by atoms with Crippen molar-refractivity contribution >= 4 is 23.1 Å². The number of nitrogens with zero attached hydrogens (tertiary/aromatic N) is 4. The molecule has 0 radical (unpaired) electrons. The lowest BCUT2D eigenvalue weighted by Gasteiger charge is -2.31. The third kappa shape index (κ3) is 3.44. The topological polar surface area (TPSA) is 62.5 Å². The highest BCUT2D eigenvalue weighted by Gasteiger charge is 2.26. The van der Waals surface area contributed by atoms with Crippen molar-refractivity contribution in [3.8, 4) is 22.5 Å². The molecule has 2 aliphatic heterocycles. The molecule has 2 aliphatic rings. The summed E-state index contributed by atoms with van der Waals surface area (Å²) in [5, 5.41) is 2.91. The van der Waals surface area contributed by atoms with E-state index in [-0.39, 0.29) is 18.5 Å². The zero-order valence-electron chi connectivity index (χ0n) is 18.2. The predicted molar refractivity (Wildman–Crippen MR) is 127 cm³/mol. The van der Waals surface area contributed by atoms with Gasteiger partial charge in [0.05, 0.1) is 24.5 Å². The number of halogens is 1. The van der Waals surface area contributed by atoms with Gasteiger partial charge in [-0.3, -0.25) is 13.6 Å². The maximum Gasteiger partial charge on any atom is 0.228 e. The number of fused-ring (bicyclic) bond motifs is 2. The van der Waals surface area contributed by atoms with Crippen LogP contribution in [0.4, 0.5) is 15.9 Å². The SMILES string of the molecule is O=C1Cc2cc(-c3c(-c4ccccc4)nc4c(N5CCC(CF)CC5)nccn34)ccc2N1. The summed E-state index contributed by atoms with van der Waals surface area (Å²) >= 11 is 0. The van der Waals surface area contributed by atoms with Crippen LogP contribution in [-0.2, 0) is 11.2 Å². The van der Waals surface area contributed by atoms with Gasteiger partial charge in [0.25, 0.3) is 0 Å². The van der Waals surface area contributed by atoms with Gasteiger partial charge in [0, 0.05) is 42.3 Å². The molecular formula is C26H24FN5O. The summed E-state index contributed by atoms with van der Waals surface area (Å²) in [6.45, 7) is 1.29. The number of alkyl halides is 1. The van der Waals surface area contributed by atoms with E-state index in [4.69, 9.17) is 4.98 Å². The second kappa shape index (κ2) is 7.99. The van der Waals surface area contributed by atoms with E-state index < -0.39 is 0 Å². The number of hydrogen-bond donors (Lipinski definition) is 1. The van der Waals surface area contributed by atoms with Gasteiger partial charge in [-0.25, -0.2) is 9.97 Å². The molecule has 1 fully saturated rings. The number of carbonyl (C=O) groups excluding carboxylic acids is 1. The Bertz CT molecular complexity index is 1340. The Kier molecular flexibility index (Phi) is 4.82. The van der Waals surface area contributed by atoms with Crippen molar-refractivity contribution < 1.29 is 9.18 Å². The molecule has 1 amide bonds. The van der Waals surface area contributed by atoms with Crippen LogP contribution in [0.15, 0.2) is 60.9 Å². The lowest BCUT2D eigenvalue weighted by atomic mass is 9.98. The van der Waals surface area contributed by atoms with Crippen LogP contribution in [0.3, 0.4) is 0 Å². The lowest BCUT2D eigenvalue weighted by molar-refractivity contribution is -0.115. The molecule has 0 bridgehead atoms. The minimum atomic E-state index is -0.257. The third-order valence-corrected chi connectivity index (χ3v) is 6.71. The molecule has 2 aromatic heterocycles. The van der Waals surface area contributed by atoms with Gasteiger partial charge in [0.1, 0.15) is 0 Å². The molecule has 4 heterocycles. The van der Waals surface area contributed by atoms with Crippen LogP contribution < -0.4 is 10.2 Å². The number of aromatic nitrogens is 3. The van der Waals surface area contributed by atoms with Crippen LogP contribution in [0.5, 0.6) is 0 Å². The minimum Gasteiger partial charge on any atom is -0.354 e. The number of carbonyl (C=O) groups is 1. The Morgan fingerprint density at radius 1 is 1.06 bits per heavy atom. The molecule has 1 N–H and O–H groups in total. The van der Waals surface area contributed by atoms with E-state index in [0.29, 0.717) is 6.42 Å². The third-order valence-electron chi connectivity index (χ3n) is 6.71. The van der Waals surface area contributed by atoms with Crippen LogP contribution in [-0.4, -0.2) is 40.0 Å². The van der Waals surface area contributed by atoms with E-state index in [0.717, 1.165) is 71.2 Å². The molecule has 166 valence electrons. The summed E-state index contributed by atoms with van der Waals surface area (Å²) in [6.07, 6.45) is 5.78. The van der Waals surface area contributed by atoms with E-state index in [1.165, 1.54) is 0 Å². The summed E-state index contributed by atoms with van der Waals surface area (Å²) in [5.74, 6) is 0.988. The fourth-order valence-electron chi connectivity index (χ4n) is 4.94. The molecule has 0 aliphatic carbocycles. The van der Waals surface area contributed by atoms with Gasteiger partial charge in [-0.1, -0.05) is 36.4 Å². The minimum absolute atomic E-state index is 0.0201. The van der Waals surface area contributed by atoms with Crippen molar-refractivity contribution in [2.75, 3.05) is 30.0 Å². The van der Waals surface area contributed by atoms with Crippen molar-refractivity contribution in [3.63, 3.8) is 0 Å². The molecule has 0 saturated carbocycles. The van der Waals surface area contributed by atoms with Crippen molar-refractivity contribution in [1.29, 1.82) is 0 Å². The van der Waals surface area contributed by atoms with E-state index >= 15 is 0 Å². The van der Waals surface area contributed by atoms with Crippen LogP contribution in [0.2, 0.25) is 0 Å². The van der Waals surface area contributed by atoms with Crippen LogP contribution >= 0.6 is 0 Å². The predicted octanol–water partition coefficient (Wildman–Crippen LogP) is 4.74. The standard InChI is InChI=1S/C26H24FN5O/c27-16-17-8-11-31(12-9-17)25-26-30-23(18-4-2-1-3-5-18)24(32(26)13-10-28-25)19-6-7-21-20(14-19)15-22(33)29-21/h1-7,10,13-14,17H,8-9,11-12,15-16H2,(H,29,33). The maximum absolute atomic E-state index is 13.1. The quantitative estimate of drug-likeness (QED) is 0.497. The number of hydrogen-bond acceptors (Lipinski definition) is 4. The maximum atomic E-state index is 13.1. The van der Waals surface area contributed by atoms with Crippen molar-refractivity contribution in [2.24, 2.45) is 5.92 Å². The number of benzene rings is 2. The number of rotatable bonds is 4. The number of anilines is 2. The van der Waals surface area contributed by atoms with Gasteiger partial charge in [0.15, 0.2) is 11.5 Å². The number of imidazole rings is 1. The number of amides is 1. The summed E-state index contributed by atoms with van der Waals surface area (Å²) < 4.78 is 15.2. The lowest BCUT2D eigenvalue weighted by Crippen LogP contribution is -2.35. The van der Waals surface area contributed by atoms with Gasteiger partial charge in [-0.05, 0) is 36.5 Å². The molecule has 7 heteroatoms. The monoisotopic (exact) mass is 441 g/mol. The Labute approximate surface area is 191 Å². The van der Waals surface area contributed by atoms with Crippen molar-refractivity contribution in [1.82, 2.24) is 14.4 Å². The largest absolute Gasteiger partial charge is 0.354 e. The Morgan fingerprint density at radius 2 is 1.88 bits per heavy atom. The first-order valence-electron chi connectivity index (χ1n) is 11.4. The second-order valence-corrected chi connectivity index (χ2v) is 8.80. The highest BCUT2D eigenvalue weighted by molar-refractivity contribution is 6.00. The Hall–Kier alpha value is -3.74. The average Bonchev–Trinajstić information content (AvgIpc) is 3.43. The first kappa shape index (κ1) is 19.9. The molecule has 1 saturated heterocycles. The fourth-order valence-corrected chi connectivity index (χ4v) is 4.94. The van der Waals surface area contributed by atoms with E-state index in [2.05, 4.69) is 37.8 Å². The molecular weight excluding hydrogens is 417 g/mol. The summed E-state index contributed by atoms with van der Waals surface area (Å²) in [7, 11) is 0. The van der Waals surface area contributed by atoms with Crippen LogP contribution in [0, 0.1) is 5.92 Å². The summed E-state index contributed by atoms with van der Waals surface area (Å²) in [6, 6.07) is 16.2. The van der Waals surface area contributed by atoms with Gasteiger partial charge in [-0.15, -0.1) is 0 Å². The number of nitrogens with one attached hydrogen (secondary N) is 1. The van der Waals surface area contributed by atoms with Gasteiger partial charge in [-0.2, -0.15) is 0 Å². The molecule has 0 atom stereocenters. The van der Waals surface area contributed by atoms with E-state index in [1.807, 2.05) is 42.7 Å². The highest BCUT2D eigenvalue weighted by atomic mass is 19.1. The zero-order chi connectivity index (χ0) is 22.4. The summed E-state index contributed by atoms with van der Waals surface area (Å²) in [5.41, 5.74) is 6.53. The molecule has 6 rings (SSSR count). The second-order valence-electron chi connectivity index (χ2n) is 8.80. The van der Waals surface area contributed by atoms with Gasteiger partial charge in [0.2, 0.25) is 5.91 Å². The van der Waals surface area contributed by atoms with Crippen molar-refractivity contribution in [2.45, 2.75) is 19.3 Å². The zero-order valence-corrected chi connectivity index (χ0v) is 18.2. The average molecular weight is 442 g/mol. The highest BCUT2D eigenvalue weighted by Crippen LogP contribution is 2.37. The van der Waals surface area contributed by atoms with E-state index in [1.54, 1.807) is 0 Å². The normalized spacial score (nSPS) is 16.3. The molecule has 6 nitrogen and oxygen atoms in total. The van der Waals surface area contributed by atoms with E-state index in [9.17, 15) is 9.18 Å². The first-order chi connectivity index (χ1) is 16.2. The Balaban J connectivity index is 1.52. The molecule has 33 heavy (non-hydrogen) atoms. The van der Waals surface area contributed by atoms with Gasteiger partial charge < -0.3 is 10.2 Å². The van der Waals surface area contributed by atoms with Crippen LogP contribution in [0.1, 0.15) is 18.4 Å². The van der Waals surface area contributed by atoms with Gasteiger partial charge >= 0.3 is 0 Å². The Morgan fingerprint density at radius 3 is 2.67 bits per heavy atom. The molecule has 4 aromatic rings. The van der Waals surface area contributed by atoms with Crippen molar-refractivity contribution in [3.05, 3.63) is 66.5 Å².